The molecule has 1 aromatic rings. The van der Waals surface area contributed by atoms with Gasteiger partial charge in [0.25, 0.3) is 0 Å². The molecule has 0 amide bonds. The van der Waals surface area contributed by atoms with Gasteiger partial charge >= 0.3 is 6.36 Å². The van der Waals surface area contributed by atoms with E-state index >= 15 is 0 Å². The third-order valence-corrected chi connectivity index (χ3v) is 1.51. The summed E-state index contributed by atoms with van der Waals surface area (Å²) in [4.78, 5) is 3.57. The lowest BCUT2D eigenvalue weighted by Crippen LogP contribution is -2.18. The lowest BCUT2D eigenvalue weighted by Gasteiger charge is -2.12. The molecule has 0 aliphatic heterocycles. The Morgan fingerprint density at radius 1 is 1.36 bits per heavy atom. The van der Waals surface area contributed by atoms with E-state index in [1.165, 1.54) is 6.92 Å². The van der Waals surface area contributed by atoms with E-state index < -0.39 is 12.1 Å². The highest BCUT2D eigenvalue weighted by atomic mass is 19.4. The summed E-state index contributed by atoms with van der Waals surface area (Å²) in [5.74, 6) is -0.626. The molecule has 0 aliphatic carbocycles. The molecule has 0 atom stereocenters. The average molecular weight is 207 g/mol. The second-order valence-electron chi connectivity index (χ2n) is 2.60. The normalized spacial score (nSPS) is 11.4. The van der Waals surface area contributed by atoms with Crippen LogP contribution in [0.1, 0.15) is 5.56 Å². The van der Waals surface area contributed by atoms with Crippen molar-refractivity contribution in [3.05, 3.63) is 11.6 Å². The van der Waals surface area contributed by atoms with Gasteiger partial charge in [0.15, 0.2) is 0 Å². The highest BCUT2D eigenvalue weighted by Gasteiger charge is 2.32. The molecule has 1 heterocycles. The number of nitrogens with two attached hydrogens (primary N) is 2. The number of ether oxygens (including phenoxy) is 1. The minimum absolute atomic E-state index is 0.0794. The van der Waals surface area contributed by atoms with Gasteiger partial charge in [-0.2, -0.15) is 0 Å². The van der Waals surface area contributed by atoms with Gasteiger partial charge in [-0.1, -0.05) is 0 Å². The standard InChI is InChI=1S/C7H8F3N3O/c1-3-4(14-7(8,9)10)2-5(11)13-6(3)12/h2H,1H3,(H4,11,12,13). The number of halogens is 3. The number of rotatable bonds is 1. The fourth-order valence-electron chi connectivity index (χ4n) is 0.855. The Balaban J connectivity index is 3.09. The van der Waals surface area contributed by atoms with Gasteiger partial charge in [-0.05, 0) is 6.92 Å². The third-order valence-electron chi connectivity index (χ3n) is 1.51. The first-order valence-corrected chi connectivity index (χ1v) is 3.58. The SMILES string of the molecule is Cc1c(OC(F)(F)F)cc(N)nc1N. The van der Waals surface area contributed by atoms with Gasteiger partial charge in [-0.15, -0.1) is 13.2 Å². The molecule has 0 unspecified atom stereocenters. The van der Waals surface area contributed by atoms with E-state index in [9.17, 15) is 13.2 Å². The van der Waals surface area contributed by atoms with E-state index in [0.717, 1.165) is 6.07 Å². The van der Waals surface area contributed by atoms with Crippen LogP contribution in [0.4, 0.5) is 24.8 Å². The summed E-state index contributed by atoms with van der Waals surface area (Å²) in [7, 11) is 0. The summed E-state index contributed by atoms with van der Waals surface area (Å²) in [5.41, 5.74) is 10.6. The van der Waals surface area contributed by atoms with Crippen LogP contribution in [0.2, 0.25) is 0 Å². The van der Waals surface area contributed by atoms with E-state index in [1.807, 2.05) is 0 Å². The molecule has 14 heavy (non-hydrogen) atoms. The van der Waals surface area contributed by atoms with Crippen molar-refractivity contribution in [1.82, 2.24) is 4.98 Å². The van der Waals surface area contributed by atoms with E-state index in [0.29, 0.717) is 0 Å². The predicted octanol–water partition coefficient (Wildman–Crippen LogP) is 1.45. The lowest BCUT2D eigenvalue weighted by atomic mass is 10.2. The molecule has 0 spiro atoms. The molecule has 4 nitrogen and oxygen atoms in total. The van der Waals surface area contributed by atoms with Crippen LogP contribution in [-0.2, 0) is 0 Å². The fraction of sp³-hybridized carbons (Fsp3) is 0.286. The summed E-state index contributed by atoms with van der Waals surface area (Å²) < 4.78 is 39.3. The maximum absolute atomic E-state index is 11.9. The zero-order chi connectivity index (χ0) is 10.9. The zero-order valence-corrected chi connectivity index (χ0v) is 7.22. The number of hydrogen-bond acceptors (Lipinski definition) is 4. The number of pyridine rings is 1. The molecule has 1 rings (SSSR count). The van der Waals surface area contributed by atoms with Crippen molar-refractivity contribution >= 4 is 11.6 Å². The van der Waals surface area contributed by atoms with Crippen LogP contribution in [0.5, 0.6) is 5.75 Å². The summed E-state index contributed by atoms with van der Waals surface area (Å²) in [6, 6.07) is 0.971. The minimum Gasteiger partial charge on any atom is -0.405 e. The topological polar surface area (TPSA) is 74.2 Å². The molecular formula is C7H8F3N3O. The highest BCUT2D eigenvalue weighted by molar-refractivity contribution is 5.54. The molecule has 4 N–H and O–H groups in total. The van der Waals surface area contributed by atoms with Crippen molar-refractivity contribution in [2.24, 2.45) is 0 Å². The highest BCUT2D eigenvalue weighted by Crippen LogP contribution is 2.29. The van der Waals surface area contributed by atoms with Crippen molar-refractivity contribution in [2.45, 2.75) is 13.3 Å². The number of nitrogens with zero attached hydrogens (tertiary/aromatic N) is 1. The predicted molar refractivity (Wildman–Crippen MR) is 44.5 cm³/mol. The number of aromatic nitrogens is 1. The summed E-state index contributed by atoms with van der Waals surface area (Å²) in [6.45, 7) is 1.36. The maximum atomic E-state index is 11.9. The Morgan fingerprint density at radius 2 is 1.93 bits per heavy atom. The number of nitrogen functional groups attached to an aromatic ring is 2. The van der Waals surface area contributed by atoms with Gasteiger partial charge < -0.3 is 16.2 Å². The molecule has 0 saturated carbocycles. The Bertz CT molecular complexity index is 351. The molecule has 0 fully saturated rings. The van der Waals surface area contributed by atoms with Crippen LogP contribution < -0.4 is 16.2 Å². The molecule has 0 aliphatic rings. The van der Waals surface area contributed by atoms with Gasteiger partial charge in [-0.25, -0.2) is 4.98 Å². The summed E-state index contributed by atoms with van der Waals surface area (Å²) in [5, 5.41) is 0. The van der Waals surface area contributed by atoms with E-state index in [2.05, 4.69) is 9.72 Å². The van der Waals surface area contributed by atoms with Crippen molar-refractivity contribution in [3.63, 3.8) is 0 Å². The second kappa shape index (κ2) is 3.24. The Labute approximate surface area is 77.7 Å². The molecular weight excluding hydrogens is 199 g/mol. The van der Waals surface area contributed by atoms with E-state index in [4.69, 9.17) is 11.5 Å². The van der Waals surface area contributed by atoms with Crippen LogP contribution in [0.15, 0.2) is 6.07 Å². The quantitative estimate of drug-likeness (QED) is 0.730. The van der Waals surface area contributed by atoms with Crippen molar-refractivity contribution in [3.8, 4) is 5.75 Å². The number of alkyl halides is 3. The molecule has 78 valence electrons. The second-order valence-corrected chi connectivity index (χ2v) is 2.60. The molecule has 7 heteroatoms. The van der Waals surface area contributed by atoms with Crippen LogP contribution in [0.25, 0.3) is 0 Å². The molecule has 0 aromatic carbocycles. The maximum Gasteiger partial charge on any atom is 0.573 e. The van der Waals surface area contributed by atoms with Gasteiger partial charge in [0.2, 0.25) is 0 Å². The van der Waals surface area contributed by atoms with Gasteiger partial charge in [0.1, 0.15) is 17.4 Å². The van der Waals surface area contributed by atoms with Gasteiger partial charge in [-0.3, -0.25) is 0 Å². The minimum atomic E-state index is -4.76. The zero-order valence-electron chi connectivity index (χ0n) is 7.22. The van der Waals surface area contributed by atoms with Crippen LogP contribution in [0, 0.1) is 6.92 Å². The van der Waals surface area contributed by atoms with Crippen LogP contribution >= 0.6 is 0 Å². The fourth-order valence-corrected chi connectivity index (χ4v) is 0.855. The molecule has 1 aromatic heterocycles. The number of anilines is 2. The van der Waals surface area contributed by atoms with Gasteiger partial charge in [0.05, 0.1) is 0 Å². The van der Waals surface area contributed by atoms with Crippen LogP contribution in [0.3, 0.4) is 0 Å². The largest absolute Gasteiger partial charge is 0.573 e. The molecule has 0 bridgehead atoms. The molecule has 0 radical (unpaired) electrons. The summed E-state index contributed by atoms with van der Waals surface area (Å²) >= 11 is 0. The lowest BCUT2D eigenvalue weighted by molar-refractivity contribution is -0.274. The Hall–Kier alpha value is -1.66. The van der Waals surface area contributed by atoms with Crippen LogP contribution in [-0.4, -0.2) is 11.3 Å². The smallest absolute Gasteiger partial charge is 0.405 e. The first-order chi connectivity index (χ1) is 6.29. The van der Waals surface area contributed by atoms with Gasteiger partial charge in [0, 0.05) is 11.6 Å². The van der Waals surface area contributed by atoms with E-state index in [1.54, 1.807) is 0 Å². The molecule has 0 saturated heterocycles. The average Bonchev–Trinajstić information content (AvgIpc) is 1.96. The third kappa shape index (κ3) is 2.41. The van der Waals surface area contributed by atoms with Crippen molar-refractivity contribution in [2.75, 3.05) is 11.5 Å². The first-order valence-electron chi connectivity index (χ1n) is 3.58. The summed E-state index contributed by atoms with van der Waals surface area (Å²) in [6.07, 6.45) is -4.76. The monoisotopic (exact) mass is 207 g/mol. The van der Waals surface area contributed by atoms with Crippen molar-refractivity contribution in [1.29, 1.82) is 0 Å². The first kappa shape index (κ1) is 10.4. The Kier molecular flexibility index (Phi) is 2.41. The van der Waals surface area contributed by atoms with Crippen molar-refractivity contribution < 1.29 is 17.9 Å². The van der Waals surface area contributed by atoms with E-state index in [-0.39, 0.29) is 17.2 Å². The number of hydrogen-bond donors (Lipinski definition) is 2. The Morgan fingerprint density at radius 3 is 2.43 bits per heavy atom.